The maximum atomic E-state index is 5.65. The summed E-state index contributed by atoms with van der Waals surface area (Å²) in [5, 5.41) is 1.96. The highest BCUT2D eigenvalue weighted by atomic mass is 32.1. The van der Waals surface area contributed by atoms with Gasteiger partial charge >= 0.3 is 0 Å². The molecule has 0 saturated heterocycles. The Balaban J connectivity index is 1.38. The molecule has 6 rings (SSSR count). The lowest BCUT2D eigenvalue weighted by Crippen LogP contribution is -1.95. The van der Waals surface area contributed by atoms with Crippen LogP contribution in [0.15, 0.2) is 67.3 Å². The first-order valence-corrected chi connectivity index (χ1v) is 12.3. The summed E-state index contributed by atoms with van der Waals surface area (Å²) < 4.78 is 25.1. The SMILES string of the molecule is COc1ccc2[nH]cc(-c3cncn3-c3ccc(-c4nc5cc(OC)c(OC)c(OC)c5s4)cc3)c2c1. The number of hydrogen-bond acceptors (Lipinski definition) is 7. The van der Waals surface area contributed by atoms with Crippen molar-refractivity contribution in [3.05, 3.63) is 67.3 Å². The topological polar surface area (TPSA) is 83.4 Å². The second-order valence-corrected chi connectivity index (χ2v) is 9.32. The van der Waals surface area contributed by atoms with Gasteiger partial charge in [-0.05, 0) is 42.5 Å². The van der Waals surface area contributed by atoms with Gasteiger partial charge in [0, 0.05) is 40.0 Å². The van der Waals surface area contributed by atoms with E-state index in [-0.39, 0.29) is 0 Å². The molecule has 37 heavy (non-hydrogen) atoms. The maximum absolute atomic E-state index is 5.65. The zero-order valence-corrected chi connectivity index (χ0v) is 21.6. The molecule has 8 nitrogen and oxygen atoms in total. The number of ether oxygens (including phenoxy) is 4. The number of fused-ring (bicyclic) bond motifs is 2. The van der Waals surface area contributed by atoms with E-state index in [1.165, 1.54) is 0 Å². The number of benzene rings is 3. The number of aromatic amines is 1. The number of thiazole rings is 1. The molecule has 0 spiro atoms. The van der Waals surface area contributed by atoms with Crippen molar-refractivity contribution in [1.82, 2.24) is 19.5 Å². The predicted octanol–water partition coefficient (Wildman–Crippen LogP) is 6.33. The van der Waals surface area contributed by atoms with E-state index in [4.69, 9.17) is 23.9 Å². The molecule has 0 saturated carbocycles. The Morgan fingerprint density at radius 3 is 2.41 bits per heavy atom. The normalized spacial score (nSPS) is 11.2. The van der Waals surface area contributed by atoms with E-state index >= 15 is 0 Å². The minimum atomic E-state index is 0.561. The first-order valence-electron chi connectivity index (χ1n) is 11.5. The van der Waals surface area contributed by atoms with Crippen molar-refractivity contribution >= 4 is 32.5 Å². The average Bonchev–Trinajstić information content (AvgIpc) is 3.69. The van der Waals surface area contributed by atoms with E-state index in [9.17, 15) is 0 Å². The van der Waals surface area contributed by atoms with Crippen molar-refractivity contribution in [2.75, 3.05) is 28.4 Å². The second kappa shape index (κ2) is 9.18. The van der Waals surface area contributed by atoms with Crippen LogP contribution >= 0.6 is 11.3 Å². The summed E-state index contributed by atoms with van der Waals surface area (Å²) in [6.45, 7) is 0. The summed E-state index contributed by atoms with van der Waals surface area (Å²) in [5.41, 5.74) is 5.87. The standard InChI is InChI=1S/C28H24N4O4S/c1-33-18-9-10-21-19(11-18)20(13-30-21)23-14-29-15-32(23)17-7-5-16(6-8-17)28-31-22-12-24(34-2)25(35-3)26(36-4)27(22)37-28/h5-15,30H,1-4H3. The van der Waals surface area contributed by atoms with Gasteiger partial charge in [-0.2, -0.15) is 0 Å². The molecule has 0 bridgehead atoms. The third-order valence-corrected chi connectivity index (χ3v) is 7.50. The van der Waals surface area contributed by atoms with Crippen molar-refractivity contribution in [3.63, 3.8) is 0 Å². The van der Waals surface area contributed by atoms with Gasteiger partial charge < -0.3 is 23.9 Å². The number of nitrogens with one attached hydrogen (secondary N) is 1. The second-order valence-electron chi connectivity index (χ2n) is 8.32. The summed E-state index contributed by atoms with van der Waals surface area (Å²) in [4.78, 5) is 12.6. The minimum absolute atomic E-state index is 0.561. The monoisotopic (exact) mass is 512 g/mol. The molecule has 0 atom stereocenters. The number of aromatic nitrogens is 4. The van der Waals surface area contributed by atoms with Crippen LogP contribution in [0.2, 0.25) is 0 Å². The largest absolute Gasteiger partial charge is 0.497 e. The lowest BCUT2D eigenvalue weighted by atomic mass is 10.1. The van der Waals surface area contributed by atoms with Gasteiger partial charge in [-0.15, -0.1) is 11.3 Å². The molecule has 0 radical (unpaired) electrons. The zero-order valence-electron chi connectivity index (χ0n) is 20.7. The predicted molar refractivity (Wildman–Crippen MR) is 146 cm³/mol. The number of methoxy groups -OCH3 is 4. The number of hydrogen-bond donors (Lipinski definition) is 1. The molecular weight excluding hydrogens is 488 g/mol. The van der Waals surface area contributed by atoms with E-state index in [1.807, 2.05) is 43.0 Å². The van der Waals surface area contributed by atoms with Gasteiger partial charge in [0.15, 0.2) is 11.5 Å². The number of nitrogens with zero attached hydrogens (tertiary/aromatic N) is 3. The molecule has 0 aliphatic carbocycles. The van der Waals surface area contributed by atoms with Crippen molar-refractivity contribution in [2.45, 2.75) is 0 Å². The molecule has 3 heterocycles. The van der Waals surface area contributed by atoms with Gasteiger partial charge in [0.25, 0.3) is 0 Å². The van der Waals surface area contributed by atoms with Gasteiger partial charge in [-0.3, -0.25) is 4.57 Å². The lowest BCUT2D eigenvalue weighted by molar-refractivity contribution is 0.327. The summed E-state index contributed by atoms with van der Waals surface area (Å²) in [7, 11) is 6.50. The fraction of sp³-hybridized carbons (Fsp3) is 0.143. The van der Waals surface area contributed by atoms with Gasteiger partial charge in [0.2, 0.25) is 5.75 Å². The van der Waals surface area contributed by atoms with Crippen molar-refractivity contribution in [2.24, 2.45) is 0 Å². The Morgan fingerprint density at radius 1 is 0.865 bits per heavy atom. The molecule has 0 amide bonds. The zero-order chi connectivity index (χ0) is 25.5. The maximum Gasteiger partial charge on any atom is 0.204 e. The fourth-order valence-electron chi connectivity index (χ4n) is 4.55. The van der Waals surface area contributed by atoms with Gasteiger partial charge in [0.1, 0.15) is 15.5 Å². The van der Waals surface area contributed by atoms with Crippen LogP contribution < -0.4 is 18.9 Å². The van der Waals surface area contributed by atoms with Crippen LogP contribution in [-0.2, 0) is 0 Å². The Kier molecular flexibility index (Phi) is 5.69. The van der Waals surface area contributed by atoms with E-state index in [0.29, 0.717) is 17.2 Å². The highest BCUT2D eigenvalue weighted by Gasteiger charge is 2.20. The molecule has 0 aliphatic heterocycles. The molecule has 9 heteroatoms. The van der Waals surface area contributed by atoms with E-state index < -0.39 is 0 Å². The van der Waals surface area contributed by atoms with Crippen LogP contribution in [-0.4, -0.2) is 48.0 Å². The van der Waals surface area contributed by atoms with Crippen LogP contribution in [0.4, 0.5) is 0 Å². The molecular formula is C28H24N4O4S. The molecule has 0 aliphatic rings. The quantitative estimate of drug-likeness (QED) is 0.269. The van der Waals surface area contributed by atoms with E-state index in [0.717, 1.165) is 54.4 Å². The summed E-state index contributed by atoms with van der Waals surface area (Å²) in [5.74, 6) is 2.58. The van der Waals surface area contributed by atoms with Gasteiger partial charge in [0.05, 0.1) is 52.2 Å². The van der Waals surface area contributed by atoms with Gasteiger partial charge in [-0.25, -0.2) is 9.97 Å². The molecule has 3 aromatic carbocycles. The highest BCUT2D eigenvalue weighted by molar-refractivity contribution is 7.22. The van der Waals surface area contributed by atoms with E-state index in [1.54, 1.807) is 39.8 Å². The minimum Gasteiger partial charge on any atom is -0.497 e. The van der Waals surface area contributed by atoms with Crippen LogP contribution in [0.3, 0.4) is 0 Å². The fourth-order valence-corrected chi connectivity index (χ4v) is 5.62. The first kappa shape index (κ1) is 22.9. The Morgan fingerprint density at radius 2 is 1.68 bits per heavy atom. The Bertz CT molecular complexity index is 1730. The molecule has 186 valence electrons. The Labute approximate surface area is 217 Å². The smallest absolute Gasteiger partial charge is 0.204 e. The summed E-state index contributed by atoms with van der Waals surface area (Å²) in [6, 6.07) is 16.1. The summed E-state index contributed by atoms with van der Waals surface area (Å²) >= 11 is 1.55. The van der Waals surface area contributed by atoms with Crippen LogP contribution in [0.1, 0.15) is 0 Å². The number of H-pyrrole nitrogens is 1. The Hall–Kier alpha value is -4.50. The number of rotatable bonds is 7. The average molecular weight is 513 g/mol. The third kappa shape index (κ3) is 3.75. The van der Waals surface area contributed by atoms with E-state index in [2.05, 4.69) is 38.8 Å². The lowest BCUT2D eigenvalue weighted by Gasteiger charge is -2.11. The molecule has 0 unspecified atom stereocenters. The van der Waals surface area contributed by atoms with Crippen LogP contribution in [0, 0.1) is 0 Å². The van der Waals surface area contributed by atoms with Crippen molar-refractivity contribution in [1.29, 1.82) is 0 Å². The summed E-state index contributed by atoms with van der Waals surface area (Å²) in [6.07, 6.45) is 5.70. The highest BCUT2D eigenvalue weighted by Crippen LogP contribution is 2.47. The van der Waals surface area contributed by atoms with Crippen molar-refractivity contribution in [3.8, 4) is 50.5 Å². The molecule has 6 aromatic rings. The molecule has 1 N–H and O–H groups in total. The molecule has 3 aromatic heterocycles. The van der Waals surface area contributed by atoms with Crippen LogP contribution in [0.25, 0.3) is 48.6 Å². The van der Waals surface area contributed by atoms with Crippen LogP contribution in [0.5, 0.6) is 23.0 Å². The molecule has 0 fully saturated rings. The third-order valence-electron chi connectivity index (χ3n) is 6.38. The number of imidazole rings is 1. The van der Waals surface area contributed by atoms with Gasteiger partial charge in [-0.1, -0.05) is 0 Å². The van der Waals surface area contributed by atoms with Crippen molar-refractivity contribution < 1.29 is 18.9 Å². The first-order chi connectivity index (χ1) is 18.1.